The van der Waals surface area contributed by atoms with E-state index in [0.29, 0.717) is 0 Å². The molecule has 3 rings (SSSR count). The number of ether oxygens (including phenoxy) is 1. The lowest BCUT2D eigenvalue weighted by Crippen LogP contribution is -2.37. The van der Waals surface area contributed by atoms with E-state index in [2.05, 4.69) is 5.32 Å². The molecular formula is C21H18ClFN2O5S2. The molecule has 0 unspecified atom stereocenters. The van der Waals surface area contributed by atoms with Gasteiger partial charge in [-0.15, -0.1) is 11.3 Å². The van der Waals surface area contributed by atoms with E-state index in [1.165, 1.54) is 36.4 Å². The molecular weight excluding hydrogens is 479 g/mol. The lowest BCUT2D eigenvalue weighted by atomic mass is 10.2. The maximum atomic E-state index is 13.4. The third-order valence-corrected chi connectivity index (χ3v) is 7.66. The minimum atomic E-state index is -4.07. The first-order chi connectivity index (χ1) is 15.2. The number of benzene rings is 2. The van der Waals surface area contributed by atoms with Gasteiger partial charge in [-0.3, -0.25) is 9.10 Å². The van der Waals surface area contributed by atoms with Crippen LogP contribution in [0.4, 0.5) is 15.8 Å². The molecule has 0 fully saturated rings. The summed E-state index contributed by atoms with van der Waals surface area (Å²) in [6.07, 6.45) is 0. The first-order valence-corrected chi connectivity index (χ1v) is 12.0. The molecule has 0 saturated carbocycles. The number of esters is 1. The predicted molar refractivity (Wildman–Crippen MR) is 121 cm³/mol. The molecule has 1 aromatic heterocycles. The fourth-order valence-electron chi connectivity index (χ4n) is 2.72. The molecule has 1 heterocycles. The van der Waals surface area contributed by atoms with Crippen LogP contribution in [0.5, 0.6) is 0 Å². The van der Waals surface area contributed by atoms with E-state index in [0.717, 1.165) is 27.8 Å². The number of hydrogen-bond donors (Lipinski definition) is 1. The van der Waals surface area contributed by atoms with E-state index in [9.17, 15) is 22.4 Å². The second kappa shape index (κ2) is 10.1. The second-order valence-electron chi connectivity index (χ2n) is 6.38. The lowest BCUT2D eigenvalue weighted by Gasteiger charge is -2.23. The van der Waals surface area contributed by atoms with Crippen molar-refractivity contribution in [2.24, 2.45) is 0 Å². The summed E-state index contributed by atoms with van der Waals surface area (Å²) in [6.45, 7) is 1.29. The predicted octanol–water partition coefficient (Wildman–Crippen LogP) is 4.55. The number of amides is 1. The van der Waals surface area contributed by atoms with Gasteiger partial charge in [0, 0.05) is 0 Å². The van der Waals surface area contributed by atoms with Crippen LogP contribution < -0.4 is 9.62 Å². The van der Waals surface area contributed by atoms with Gasteiger partial charge in [-0.1, -0.05) is 17.7 Å². The molecule has 0 atom stereocenters. The summed E-state index contributed by atoms with van der Waals surface area (Å²) in [4.78, 5) is 24.5. The van der Waals surface area contributed by atoms with Gasteiger partial charge < -0.3 is 10.1 Å². The topological polar surface area (TPSA) is 92.8 Å². The number of nitrogens with one attached hydrogen (secondary N) is 1. The number of anilines is 2. The van der Waals surface area contributed by atoms with Crippen molar-refractivity contribution in [2.75, 3.05) is 22.8 Å². The number of nitrogens with zero attached hydrogens (tertiary/aromatic N) is 1. The first-order valence-electron chi connectivity index (χ1n) is 9.30. The van der Waals surface area contributed by atoms with Crippen molar-refractivity contribution >= 4 is 56.2 Å². The van der Waals surface area contributed by atoms with Gasteiger partial charge >= 0.3 is 5.97 Å². The maximum Gasteiger partial charge on any atom is 0.338 e. The molecule has 0 bridgehead atoms. The van der Waals surface area contributed by atoms with Gasteiger partial charge in [0.05, 0.1) is 28.6 Å². The molecule has 0 aliphatic heterocycles. The van der Waals surface area contributed by atoms with E-state index in [4.69, 9.17) is 16.3 Å². The summed E-state index contributed by atoms with van der Waals surface area (Å²) in [7, 11) is -4.07. The van der Waals surface area contributed by atoms with Gasteiger partial charge in [0.25, 0.3) is 10.0 Å². The van der Waals surface area contributed by atoms with Gasteiger partial charge in [-0.2, -0.15) is 0 Å². The van der Waals surface area contributed by atoms with Crippen LogP contribution in [0, 0.1) is 5.82 Å². The van der Waals surface area contributed by atoms with Gasteiger partial charge in [0.1, 0.15) is 16.6 Å². The minimum absolute atomic E-state index is 0.0337. The highest BCUT2D eigenvalue weighted by atomic mass is 35.5. The van der Waals surface area contributed by atoms with Crippen LogP contribution in [-0.4, -0.2) is 33.4 Å². The third kappa shape index (κ3) is 5.45. The average Bonchev–Trinajstić information content (AvgIpc) is 3.30. The zero-order valence-electron chi connectivity index (χ0n) is 16.7. The van der Waals surface area contributed by atoms with Crippen LogP contribution >= 0.6 is 22.9 Å². The van der Waals surface area contributed by atoms with Crippen LogP contribution in [0.1, 0.15) is 17.3 Å². The minimum Gasteiger partial charge on any atom is -0.462 e. The highest BCUT2D eigenvalue weighted by molar-refractivity contribution is 7.94. The van der Waals surface area contributed by atoms with E-state index in [-0.39, 0.29) is 32.8 Å². The smallest absolute Gasteiger partial charge is 0.338 e. The Labute approximate surface area is 193 Å². The Bertz CT molecular complexity index is 1220. The Morgan fingerprint density at radius 1 is 1.16 bits per heavy atom. The number of carbonyl (C=O) groups excluding carboxylic acids is 2. The number of hydrogen-bond acceptors (Lipinski definition) is 6. The van der Waals surface area contributed by atoms with Crippen LogP contribution in [-0.2, 0) is 19.6 Å². The lowest BCUT2D eigenvalue weighted by molar-refractivity contribution is -0.114. The second-order valence-corrected chi connectivity index (χ2v) is 9.83. The molecule has 2 aromatic carbocycles. The van der Waals surface area contributed by atoms with Crippen molar-refractivity contribution < 1.29 is 27.1 Å². The Morgan fingerprint density at radius 2 is 1.88 bits per heavy atom. The molecule has 0 saturated heterocycles. The van der Waals surface area contributed by atoms with E-state index in [1.807, 2.05) is 0 Å². The number of rotatable bonds is 8. The van der Waals surface area contributed by atoms with Gasteiger partial charge in [-0.25, -0.2) is 17.6 Å². The fraction of sp³-hybridized carbons (Fsp3) is 0.143. The molecule has 0 aliphatic carbocycles. The van der Waals surface area contributed by atoms with E-state index in [1.54, 1.807) is 18.4 Å². The zero-order valence-corrected chi connectivity index (χ0v) is 19.1. The van der Waals surface area contributed by atoms with Crippen molar-refractivity contribution in [3.05, 3.63) is 76.4 Å². The molecule has 168 valence electrons. The molecule has 32 heavy (non-hydrogen) atoms. The van der Waals surface area contributed by atoms with Crippen LogP contribution in [0.2, 0.25) is 5.02 Å². The molecule has 1 N–H and O–H groups in total. The maximum absolute atomic E-state index is 13.4. The van der Waals surface area contributed by atoms with Crippen LogP contribution in [0.25, 0.3) is 0 Å². The SMILES string of the molecule is CCOC(=O)c1ccc(NC(=O)CN(c2ccc(F)cc2)S(=O)(=O)c2cccs2)c(Cl)c1. The quantitative estimate of drug-likeness (QED) is 0.462. The van der Waals surface area contributed by atoms with E-state index < -0.39 is 34.3 Å². The molecule has 3 aromatic rings. The van der Waals surface area contributed by atoms with Crippen molar-refractivity contribution in [3.63, 3.8) is 0 Å². The Kier molecular flexibility index (Phi) is 7.49. The monoisotopic (exact) mass is 496 g/mol. The van der Waals surface area contributed by atoms with Crippen molar-refractivity contribution in [3.8, 4) is 0 Å². The largest absolute Gasteiger partial charge is 0.462 e. The highest BCUT2D eigenvalue weighted by Gasteiger charge is 2.28. The highest BCUT2D eigenvalue weighted by Crippen LogP contribution is 2.28. The van der Waals surface area contributed by atoms with Gasteiger partial charge in [0.15, 0.2) is 0 Å². The number of sulfonamides is 1. The third-order valence-electron chi connectivity index (χ3n) is 4.20. The Morgan fingerprint density at radius 3 is 2.47 bits per heavy atom. The van der Waals surface area contributed by atoms with Crippen LogP contribution in [0.3, 0.4) is 0 Å². The molecule has 1 amide bonds. The number of thiophene rings is 1. The van der Waals surface area contributed by atoms with Crippen LogP contribution in [0.15, 0.2) is 64.2 Å². The molecule has 0 spiro atoms. The zero-order chi connectivity index (χ0) is 23.3. The molecule has 7 nitrogen and oxygen atoms in total. The standard InChI is InChI=1S/C21H18ClFN2O5S2/c1-2-30-21(27)14-5-10-18(17(22)12-14)24-19(26)13-25(16-8-6-15(23)7-9-16)32(28,29)20-4-3-11-31-20/h3-12H,2,13H2,1H3,(H,24,26). The number of carbonyl (C=O) groups is 2. The van der Waals surface area contributed by atoms with E-state index >= 15 is 0 Å². The summed E-state index contributed by atoms with van der Waals surface area (Å²) in [5.74, 6) is -1.78. The fourth-order valence-corrected chi connectivity index (χ4v) is 5.47. The normalized spacial score (nSPS) is 11.1. The summed E-state index contributed by atoms with van der Waals surface area (Å²) < 4.78 is 45.4. The van der Waals surface area contributed by atoms with Crippen molar-refractivity contribution in [1.29, 1.82) is 0 Å². The van der Waals surface area contributed by atoms with Crippen molar-refractivity contribution in [2.45, 2.75) is 11.1 Å². The summed E-state index contributed by atoms with van der Waals surface area (Å²) in [6, 6.07) is 11.9. The Hall–Kier alpha value is -2.95. The summed E-state index contributed by atoms with van der Waals surface area (Å²) in [5, 5.41) is 4.22. The van der Waals surface area contributed by atoms with Gasteiger partial charge in [0.2, 0.25) is 5.91 Å². The molecule has 0 aliphatic rings. The number of halogens is 2. The summed E-state index contributed by atoms with van der Waals surface area (Å²) in [5.41, 5.74) is 0.527. The van der Waals surface area contributed by atoms with Gasteiger partial charge in [-0.05, 0) is 60.8 Å². The Balaban J connectivity index is 1.85. The molecule has 0 radical (unpaired) electrons. The molecule has 11 heteroatoms. The van der Waals surface area contributed by atoms with Crippen molar-refractivity contribution in [1.82, 2.24) is 0 Å². The first kappa shape index (κ1) is 23.7. The summed E-state index contributed by atoms with van der Waals surface area (Å²) >= 11 is 7.16. The average molecular weight is 497 g/mol.